The normalized spacial score (nSPS) is 10.4. The minimum atomic E-state index is -0.742. The molecule has 0 aliphatic rings. The molecule has 1 aromatic carbocycles. The number of hydrogen-bond donors (Lipinski definition) is 2. The van der Waals surface area contributed by atoms with Crippen LogP contribution in [-0.4, -0.2) is 11.7 Å². The number of hydrazone groups is 1. The van der Waals surface area contributed by atoms with Crippen molar-refractivity contribution in [3.05, 3.63) is 35.9 Å². The maximum absolute atomic E-state index is 10.4. The second-order valence-corrected chi connectivity index (χ2v) is 2.45. The van der Waals surface area contributed by atoms with Gasteiger partial charge in [0.15, 0.2) is 0 Å². The van der Waals surface area contributed by atoms with Crippen LogP contribution in [-0.2, 0) is 0 Å². The molecule has 0 saturated carbocycles. The third kappa shape index (κ3) is 2.64. The van der Waals surface area contributed by atoms with Gasteiger partial charge in [-0.2, -0.15) is 5.10 Å². The fraction of sp³-hybridized carbons (Fsp3) is 0. The number of nitrogens with zero attached hydrogens (tertiary/aromatic N) is 1. The van der Waals surface area contributed by atoms with Crippen molar-refractivity contribution in [2.75, 3.05) is 0 Å². The van der Waals surface area contributed by atoms with Gasteiger partial charge in [-0.1, -0.05) is 30.3 Å². The molecule has 0 radical (unpaired) electrons. The maximum atomic E-state index is 10.4. The second kappa shape index (κ2) is 4.67. The molecule has 70 valence electrons. The van der Waals surface area contributed by atoms with Crippen LogP contribution in [0.2, 0.25) is 0 Å². The number of terminal acetylenes is 1. The highest BCUT2D eigenvalue weighted by Crippen LogP contribution is 1.99. The van der Waals surface area contributed by atoms with Gasteiger partial charge < -0.3 is 5.73 Å². The lowest BCUT2D eigenvalue weighted by atomic mass is 10.1. The van der Waals surface area contributed by atoms with E-state index in [1.165, 1.54) is 0 Å². The summed E-state index contributed by atoms with van der Waals surface area (Å²) in [5.74, 6) is 2.35. The van der Waals surface area contributed by atoms with Crippen LogP contribution in [0.15, 0.2) is 35.4 Å². The van der Waals surface area contributed by atoms with Gasteiger partial charge in [0.1, 0.15) is 5.71 Å². The van der Waals surface area contributed by atoms with E-state index in [9.17, 15) is 4.79 Å². The van der Waals surface area contributed by atoms with E-state index in [0.29, 0.717) is 5.71 Å². The third-order valence-corrected chi connectivity index (χ3v) is 1.46. The SMILES string of the molecule is C#CC(=NNC(N)=O)c1ccccc1. The van der Waals surface area contributed by atoms with E-state index in [1.54, 1.807) is 12.1 Å². The number of carbonyl (C=O) groups is 1. The highest BCUT2D eigenvalue weighted by Gasteiger charge is 1.98. The van der Waals surface area contributed by atoms with Crippen LogP contribution in [0.25, 0.3) is 0 Å². The first-order chi connectivity index (χ1) is 6.74. The van der Waals surface area contributed by atoms with Crippen molar-refractivity contribution in [2.45, 2.75) is 0 Å². The monoisotopic (exact) mass is 187 g/mol. The smallest absolute Gasteiger partial charge is 0.332 e. The van der Waals surface area contributed by atoms with Gasteiger partial charge in [-0.05, 0) is 5.92 Å². The number of amides is 2. The minimum Gasteiger partial charge on any atom is -0.350 e. The Morgan fingerprint density at radius 2 is 2.07 bits per heavy atom. The van der Waals surface area contributed by atoms with E-state index in [2.05, 4.69) is 16.4 Å². The molecule has 0 aliphatic carbocycles. The Bertz CT molecular complexity index is 390. The number of hydrogen-bond acceptors (Lipinski definition) is 2. The van der Waals surface area contributed by atoms with Crippen LogP contribution in [0.5, 0.6) is 0 Å². The molecular formula is C10H9N3O. The fourth-order valence-corrected chi connectivity index (χ4v) is 0.887. The predicted octanol–water partition coefficient (Wildman–Crippen LogP) is 0.692. The van der Waals surface area contributed by atoms with Crippen LogP contribution < -0.4 is 11.2 Å². The average molecular weight is 187 g/mol. The van der Waals surface area contributed by atoms with Crippen molar-refractivity contribution in [3.8, 4) is 12.3 Å². The topological polar surface area (TPSA) is 67.5 Å². The quantitative estimate of drug-likeness (QED) is 0.399. The fourth-order valence-electron chi connectivity index (χ4n) is 0.887. The summed E-state index contributed by atoms with van der Waals surface area (Å²) in [6.45, 7) is 0. The van der Waals surface area contributed by atoms with Crippen molar-refractivity contribution < 1.29 is 4.79 Å². The van der Waals surface area contributed by atoms with E-state index < -0.39 is 6.03 Å². The summed E-state index contributed by atoms with van der Waals surface area (Å²) in [5, 5.41) is 3.67. The Balaban J connectivity index is 2.89. The molecule has 0 unspecified atom stereocenters. The largest absolute Gasteiger partial charge is 0.350 e. The molecule has 14 heavy (non-hydrogen) atoms. The zero-order chi connectivity index (χ0) is 10.4. The van der Waals surface area contributed by atoms with Crippen molar-refractivity contribution >= 4 is 11.7 Å². The number of carbonyl (C=O) groups excluding carboxylic acids is 1. The van der Waals surface area contributed by atoms with Gasteiger partial charge in [-0.25, -0.2) is 10.2 Å². The zero-order valence-corrected chi connectivity index (χ0v) is 7.40. The Kier molecular flexibility index (Phi) is 3.27. The van der Waals surface area contributed by atoms with Crippen molar-refractivity contribution in [1.82, 2.24) is 5.43 Å². The van der Waals surface area contributed by atoms with Crippen molar-refractivity contribution in [3.63, 3.8) is 0 Å². The van der Waals surface area contributed by atoms with Gasteiger partial charge in [0.2, 0.25) is 0 Å². The summed E-state index contributed by atoms with van der Waals surface area (Å²) in [6.07, 6.45) is 5.22. The van der Waals surface area contributed by atoms with Crippen LogP contribution in [0.4, 0.5) is 4.79 Å². The Hall–Kier alpha value is -2.28. The molecule has 0 bridgehead atoms. The first kappa shape index (κ1) is 9.81. The Morgan fingerprint density at radius 3 is 2.57 bits per heavy atom. The highest BCUT2D eigenvalue weighted by molar-refractivity contribution is 6.12. The molecule has 1 aromatic rings. The van der Waals surface area contributed by atoms with Crippen LogP contribution in [0.1, 0.15) is 5.56 Å². The molecule has 0 heterocycles. The summed E-state index contributed by atoms with van der Waals surface area (Å²) in [6, 6.07) is 8.36. The summed E-state index contributed by atoms with van der Waals surface area (Å²) in [4.78, 5) is 10.4. The van der Waals surface area contributed by atoms with Gasteiger partial charge in [0, 0.05) is 5.56 Å². The van der Waals surface area contributed by atoms with Gasteiger partial charge in [0.25, 0.3) is 0 Å². The lowest BCUT2D eigenvalue weighted by Crippen LogP contribution is -2.25. The number of nitrogens with one attached hydrogen (secondary N) is 1. The van der Waals surface area contributed by atoms with Gasteiger partial charge in [0.05, 0.1) is 0 Å². The molecule has 0 aromatic heterocycles. The van der Waals surface area contributed by atoms with E-state index in [1.807, 2.05) is 18.2 Å². The Labute approximate surface area is 81.8 Å². The van der Waals surface area contributed by atoms with Crippen molar-refractivity contribution in [2.24, 2.45) is 10.8 Å². The first-order valence-corrected chi connectivity index (χ1v) is 3.89. The second-order valence-electron chi connectivity index (χ2n) is 2.45. The average Bonchev–Trinajstić information content (AvgIpc) is 2.20. The lowest BCUT2D eigenvalue weighted by Gasteiger charge is -1.98. The molecule has 4 nitrogen and oxygen atoms in total. The molecule has 4 heteroatoms. The molecular weight excluding hydrogens is 178 g/mol. The number of benzene rings is 1. The summed E-state index contributed by atoms with van der Waals surface area (Å²) >= 11 is 0. The van der Waals surface area contributed by atoms with E-state index >= 15 is 0 Å². The van der Waals surface area contributed by atoms with Crippen molar-refractivity contribution in [1.29, 1.82) is 0 Å². The van der Waals surface area contributed by atoms with E-state index in [4.69, 9.17) is 12.2 Å². The standard InChI is InChI=1S/C10H9N3O/c1-2-9(12-13-10(11)14)8-6-4-3-5-7-8/h1,3-7H,(H3,11,13,14). The predicted molar refractivity (Wildman–Crippen MR) is 54.5 cm³/mol. The molecule has 0 aliphatic heterocycles. The number of nitrogens with two attached hydrogens (primary N) is 1. The maximum Gasteiger partial charge on any atom is 0.332 e. The molecule has 3 N–H and O–H groups in total. The summed E-state index contributed by atoms with van der Waals surface area (Å²) in [5.41, 5.74) is 8.02. The number of urea groups is 1. The van der Waals surface area contributed by atoms with Crippen LogP contribution >= 0.6 is 0 Å². The highest BCUT2D eigenvalue weighted by atomic mass is 16.2. The third-order valence-electron chi connectivity index (χ3n) is 1.46. The molecule has 2 amide bonds. The van der Waals surface area contributed by atoms with Crippen LogP contribution in [0.3, 0.4) is 0 Å². The lowest BCUT2D eigenvalue weighted by molar-refractivity contribution is 0.249. The van der Waals surface area contributed by atoms with Gasteiger partial charge in [-0.15, -0.1) is 6.42 Å². The minimum absolute atomic E-state index is 0.337. The molecule has 1 rings (SSSR count). The molecule has 0 saturated heterocycles. The summed E-state index contributed by atoms with van der Waals surface area (Å²) in [7, 11) is 0. The molecule has 0 fully saturated rings. The van der Waals surface area contributed by atoms with E-state index in [0.717, 1.165) is 5.56 Å². The number of primary amides is 1. The van der Waals surface area contributed by atoms with Gasteiger partial charge in [-0.3, -0.25) is 0 Å². The first-order valence-electron chi connectivity index (χ1n) is 3.89. The number of rotatable bonds is 2. The summed E-state index contributed by atoms with van der Waals surface area (Å²) < 4.78 is 0. The molecule has 0 spiro atoms. The molecule has 0 atom stereocenters. The van der Waals surface area contributed by atoms with Crippen LogP contribution in [0, 0.1) is 12.3 Å². The van der Waals surface area contributed by atoms with Gasteiger partial charge >= 0.3 is 6.03 Å². The van der Waals surface area contributed by atoms with E-state index in [-0.39, 0.29) is 0 Å². The Morgan fingerprint density at radius 1 is 1.43 bits per heavy atom. The zero-order valence-electron chi connectivity index (χ0n) is 7.40.